The Morgan fingerprint density at radius 3 is 2.10 bits per heavy atom. The van der Waals surface area contributed by atoms with Crippen LogP contribution in [0.1, 0.15) is 42.2 Å². The molecule has 0 fully saturated rings. The van der Waals surface area contributed by atoms with Gasteiger partial charge >= 0.3 is 5.97 Å². The maximum absolute atomic E-state index is 13.2. The summed E-state index contributed by atoms with van der Waals surface area (Å²) in [5, 5.41) is 2.44. The standard InChI is InChI=1S/C23H13F2NO5/c24-13-8-12(9-14(25)10-13)23(30)31-11-19(27)26-18-7-3-6-17-20(18)22(29)16-5-2-1-4-15(16)21(17)28/h1-10H,11H2,(H,26,27). The number of anilines is 1. The molecule has 0 unspecified atom stereocenters. The molecule has 0 spiro atoms. The predicted molar refractivity (Wildman–Crippen MR) is 105 cm³/mol. The van der Waals surface area contributed by atoms with Crippen LogP contribution < -0.4 is 5.32 Å². The van der Waals surface area contributed by atoms with Crippen molar-refractivity contribution in [2.24, 2.45) is 0 Å². The first kappa shape index (κ1) is 20.1. The van der Waals surface area contributed by atoms with Crippen LogP contribution in [0.3, 0.4) is 0 Å². The average molecular weight is 421 g/mol. The van der Waals surface area contributed by atoms with Crippen molar-refractivity contribution in [3.8, 4) is 0 Å². The highest BCUT2D eigenvalue weighted by atomic mass is 19.1. The normalized spacial score (nSPS) is 12.1. The van der Waals surface area contributed by atoms with Gasteiger partial charge in [-0.3, -0.25) is 14.4 Å². The Kier molecular flexibility index (Phi) is 5.12. The molecule has 0 bridgehead atoms. The van der Waals surface area contributed by atoms with Crippen molar-refractivity contribution in [2.75, 3.05) is 11.9 Å². The SMILES string of the molecule is O=C(COC(=O)c1cc(F)cc(F)c1)Nc1cccc2c1C(=O)c1ccccc1C2=O. The summed E-state index contributed by atoms with van der Waals surface area (Å²) in [6.45, 7) is -0.765. The lowest BCUT2D eigenvalue weighted by atomic mass is 9.83. The minimum absolute atomic E-state index is 0.0399. The van der Waals surface area contributed by atoms with Gasteiger partial charge in [0.15, 0.2) is 18.2 Å². The van der Waals surface area contributed by atoms with Gasteiger partial charge in [-0.15, -0.1) is 0 Å². The Morgan fingerprint density at radius 2 is 1.42 bits per heavy atom. The highest BCUT2D eigenvalue weighted by Crippen LogP contribution is 2.31. The van der Waals surface area contributed by atoms with E-state index in [0.29, 0.717) is 6.07 Å². The van der Waals surface area contributed by atoms with Gasteiger partial charge in [-0.05, 0) is 18.2 Å². The summed E-state index contributed by atoms with van der Waals surface area (Å²) >= 11 is 0. The quantitative estimate of drug-likeness (QED) is 0.509. The van der Waals surface area contributed by atoms with Crippen molar-refractivity contribution in [3.05, 3.63) is 100 Å². The van der Waals surface area contributed by atoms with Gasteiger partial charge in [-0.2, -0.15) is 0 Å². The fraction of sp³-hybridized carbons (Fsp3) is 0.0435. The van der Waals surface area contributed by atoms with E-state index in [1.165, 1.54) is 24.3 Å². The molecule has 1 N–H and O–H groups in total. The zero-order valence-electron chi connectivity index (χ0n) is 15.8. The molecule has 154 valence electrons. The molecule has 6 nitrogen and oxygen atoms in total. The number of ether oxygens (including phenoxy) is 1. The molecule has 1 aliphatic carbocycles. The molecule has 3 aromatic carbocycles. The number of hydrogen-bond acceptors (Lipinski definition) is 5. The van der Waals surface area contributed by atoms with Crippen LogP contribution >= 0.6 is 0 Å². The first-order valence-electron chi connectivity index (χ1n) is 9.09. The minimum atomic E-state index is -1.09. The first-order chi connectivity index (χ1) is 14.8. The van der Waals surface area contributed by atoms with E-state index in [-0.39, 0.29) is 39.3 Å². The van der Waals surface area contributed by atoms with E-state index in [1.54, 1.807) is 18.2 Å². The van der Waals surface area contributed by atoms with Crippen molar-refractivity contribution in [2.45, 2.75) is 0 Å². The molecule has 4 rings (SSSR count). The number of halogens is 2. The molecule has 8 heteroatoms. The van der Waals surface area contributed by atoms with Crippen LogP contribution in [0.25, 0.3) is 0 Å². The zero-order valence-corrected chi connectivity index (χ0v) is 15.8. The lowest BCUT2D eigenvalue weighted by Crippen LogP contribution is -2.26. The van der Waals surface area contributed by atoms with Crippen LogP contribution in [0, 0.1) is 11.6 Å². The lowest BCUT2D eigenvalue weighted by molar-refractivity contribution is -0.119. The number of fused-ring (bicyclic) bond motifs is 2. The van der Waals surface area contributed by atoms with Gasteiger partial charge in [0.1, 0.15) is 11.6 Å². The van der Waals surface area contributed by atoms with E-state index in [1.807, 2.05) is 0 Å². The van der Waals surface area contributed by atoms with Crippen molar-refractivity contribution in [1.82, 2.24) is 0 Å². The number of rotatable bonds is 4. The summed E-state index contributed by atoms with van der Waals surface area (Å²) in [4.78, 5) is 49.8. The Bertz CT molecular complexity index is 1250. The van der Waals surface area contributed by atoms with Gasteiger partial charge < -0.3 is 10.1 Å². The molecule has 31 heavy (non-hydrogen) atoms. The lowest BCUT2D eigenvalue weighted by Gasteiger charge is -2.20. The molecule has 0 radical (unpaired) electrons. The number of ketones is 2. The molecular formula is C23H13F2NO5. The van der Waals surface area contributed by atoms with Gasteiger partial charge in [-0.1, -0.05) is 36.4 Å². The second-order valence-electron chi connectivity index (χ2n) is 6.71. The highest BCUT2D eigenvalue weighted by Gasteiger charge is 2.31. The van der Waals surface area contributed by atoms with E-state index < -0.39 is 35.9 Å². The number of nitrogens with one attached hydrogen (secondary N) is 1. The van der Waals surface area contributed by atoms with Crippen molar-refractivity contribution < 1.29 is 32.7 Å². The Balaban J connectivity index is 1.52. The van der Waals surface area contributed by atoms with Crippen LogP contribution in [-0.4, -0.2) is 30.0 Å². The summed E-state index contributed by atoms with van der Waals surface area (Å²) in [6.07, 6.45) is 0. The third kappa shape index (κ3) is 3.83. The third-order valence-electron chi connectivity index (χ3n) is 4.66. The molecule has 0 atom stereocenters. The summed E-state index contributed by atoms with van der Waals surface area (Å²) in [5.74, 6) is -4.58. The number of esters is 1. The van der Waals surface area contributed by atoms with Crippen LogP contribution in [0.5, 0.6) is 0 Å². The number of carbonyl (C=O) groups is 4. The van der Waals surface area contributed by atoms with Crippen molar-refractivity contribution in [3.63, 3.8) is 0 Å². The topological polar surface area (TPSA) is 89.5 Å². The molecule has 3 aromatic rings. The van der Waals surface area contributed by atoms with E-state index >= 15 is 0 Å². The third-order valence-corrected chi connectivity index (χ3v) is 4.66. The van der Waals surface area contributed by atoms with Gasteiger partial charge in [-0.25, -0.2) is 13.6 Å². The van der Waals surface area contributed by atoms with Gasteiger partial charge in [0.25, 0.3) is 5.91 Å². The number of benzene rings is 3. The fourth-order valence-electron chi connectivity index (χ4n) is 3.32. The number of amides is 1. The molecular weight excluding hydrogens is 408 g/mol. The molecule has 1 amide bonds. The van der Waals surface area contributed by atoms with Crippen molar-refractivity contribution >= 4 is 29.1 Å². The fourth-order valence-corrected chi connectivity index (χ4v) is 3.32. The van der Waals surface area contributed by atoms with Gasteiger partial charge in [0, 0.05) is 22.8 Å². The largest absolute Gasteiger partial charge is 0.452 e. The van der Waals surface area contributed by atoms with Crippen LogP contribution in [0.4, 0.5) is 14.5 Å². The predicted octanol–water partition coefficient (Wildman–Crippen LogP) is 3.54. The maximum Gasteiger partial charge on any atom is 0.338 e. The molecule has 0 aliphatic heterocycles. The second kappa shape index (κ2) is 7.91. The van der Waals surface area contributed by atoms with Crippen LogP contribution in [0.2, 0.25) is 0 Å². The smallest absolute Gasteiger partial charge is 0.338 e. The first-order valence-corrected chi connectivity index (χ1v) is 9.09. The number of hydrogen-bond donors (Lipinski definition) is 1. The zero-order chi connectivity index (χ0) is 22.1. The molecule has 1 aliphatic rings. The summed E-state index contributed by atoms with van der Waals surface area (Å²) in [6, 6.07) is 12.9. The van der Waals surface area contributed by atoms with Crippen LogP contribution in [0.15, 0.2) is 60.7 Å². The summed E-state index contributed by atoms with van der Waals surface area (Å²) in [7, 11) is 0. The monoisotopic (exact) mass is 421 g/mol. The van der Waals surface area contributed by atoms with E-state index in [4.69, 9.17) is 4.74 Å². The Hall–Kier alpha value is -4.20. The highest BCUT2D eigenvalue weighted by molar-refractivity contribution is 6.30. The molecule has 0 saturated carbocycles. The Labute approximate surface area is 174 Å². The summed E-state index contributed by atoms with van der Waals surface area (Å²) < 4.78 is 31.2. The Morgan fingerprint density at radius 1 is 0.806 bits per heavy atom. The van der Waals surface area contributed by atoms with Crippen molar-refractivity contribution in [1.29, 1.82) is 0 Å². The molecule has 0 saturated heterocycles. The average Bonchev–Trinajstić information content (AvgIpc) is 2.75. The van der Waals surface area contributed by atoms with Crippen LogP contribution in [-0.2, 0) is 9.53 Å². The van der Waals surface area contributed by atoms with E-state index in [9.17, 15) is 28.0 Å². The van der Waals surface area contributed by atoms with Gasteiger partial charge in [0.05, 0.1) is 16.8 Å². The van der Waals surface area contributed by atoms with E-state index in [0.717, 1.165) is 12.1 Å². The summed E-state index contributed by atoms with van der Waals surface area (Å²) in [5.41, 5.74) is 0.385. The van der Waals surface area contributed by atoms with E-state index in [2.05, 4.69) is 5.32 Å². The molecule has 0 heterocycles. The maximum atomic E-state index is 13.2. The minimum Gasteiger partial charge on any atom is -0.452 e. The number of carbonyl (C=O) groups excluding carboxylic acids is 4. The molecule has 0 aromatic heterocycles. The second-order valence-corrected chi connectivity index (χ2v) is 6.71. The van der Waals surface area contributed by atoms with Gasteiger partial charge in [0.2, 0.25) is 0 Å².